The summed E-state index contributed by atoms with van der Waals surface area (Å²) in [7, 11) is 2.00. The molecule has 0 aromatic carbocycles. The van der Waals surface area contributed by atoms with Gasteiger partial charge in [-0.2, -0.15) is 0 Å². The average molecular weight is 266 g/mol. The van der Waals surface area contributed by atoms with Crippen molar-refractivity contribution in [3.8, 4) is 0 Å². The minimum Gasteiger partial charge on any atom is -0.373 e. The lowest BCUT2D eigenvalue weighted by molar-refractivity contribution is -0.0806. The Morgan fingerprint density at radius 2 is 2.11 bits per heavy atom. The van der Waals surface area contributed by atoms with E-state index in [1.807, 2.05) is 24.0 Å². The van der Waals surface area contributed by atoms with Gasteiger partial charge in [0.15, 0.2) is 0 Å². The number of imidazole rings is 1. The second kappa shape index (κ2) is 6.50. The predicted octanol–water partition coefficient (Wildman–Crippen LogP) is 2.05. The van der Waals surface area contributed by atoms with Crippen LogP contribution in [0.15, 0.2) is 12.4 Å². The molecule has 1 aromatic rings. The first-order chi connectivity index (χ1) is 9.23. The molecule has 5 nitrogen and oxygen atoms in total. The molecule has 0 amide bonds. The van der Waals surface area contributed by atoms with Gasteiger partial charge in [0.2, 0.25) is 0 Å². The van der Waals surface area contributed by atoms with Gasteiger partial charge in [0, 0.05) is 26.0 Å². The highest BCUT2D eigenvalue weighted by Gasteiger charge is 2.42. The van der Waals surface area contributed by atoms with E-state index in [2.05, 4.69) is 17.3 Å². The van der Waals surface area contributed by atoms with Crippen LogP contribution in [-0.4, -0.2) is 21.8 Å². The van der Waals surface area contributed by atoms with Crippen LogP contribution in [0.2, 0.25) is 0 Å². The van der Waals surface area contributed by atoms with Crippen LogP contribution in [0.25, 0.3) is 0 Å². The number of nitrogens with two attached hydrogens (primary N) is 1. The minimum atomic E-state index is -0.223. The maximum absolute atomic E-state index is 6.19. The lowest BCUT2D eigenvalue weighted by atomic mass is 9.85. The molecule has 0 radical (unpaired) electrons. The van der Waals surface area contributed by atoms with Crippen LogP contribution in [0.5, 0.6) is 0 Å². The first kappa shape index (κ1) is 14.5. The van der Waals surface area contributed by atoms with Crippen molar-refractivity contribution in [2.24, 2.45) is 12.9 Å². The van der Waals surface area contributed by atoms with Crippen molar-refractivity contribution in [2.45, 2.75) is 57.1 Å². The van der Waals surface area contributed by atoms with Gasteiger partial charge < -0.3 is 9.30 Å². The fourth-order valence-corrected chi connectivity index (χ4v) is 3.25. The van der Waals surface area contributed by atoms with E-state index in [-0.39, 0.29) is 11.6 Å². The standard InChI is InChI=1S/C14H26N4O/c1-3-19-14(8-6-4-5-7-9-14)12(17-15)13-16-10-11-18(13)2/h10-12,17H,3-9,15H2,1-2H3. The summed E-state index contributed by atoms with van der Waals surface area (Å²) in [6.07, 6.45) is 10.8. The number of nitrogens with one attached hydrogen (secondary N) is 1. The van der Waals surface area contributed by atoms with E-state index in [4.69, 9.17) is 10.6 Å². The fraction of sp³-hybridized carbons (Fsp3) is 0.786. The topological polar surface area (TPSA) is 65.1 Å². The second-order valence-electron chi connectivity index (χ2n) is 5.41. The van der Waals surface area contributed by atoms with Gasteiger partial charge in [0.25, 0.3) is 0 Å². The molecule has 1 heterocycles. The molecule has 1 aromatic heterocycles. The van der Waals surface area contributed by atoms with E-state index in [1.165, 1.54) is 25.7 Å². The van der Waals surface area contributed by atoms with Crippen LogP contribution in [-0.2, 0) is 11.8 Å². The van der Waals surface area contributed by atoms with Gasteiger partial charge >= 0.3 is 0 Å². The summed E-state index contributed by atoms with van der Waals surface area (Å²) < 4.78 is 8.21. The summed E-state index contributed by atoms with van der Waals surface area (Å²) in [4.78, 5) is 4.46. The summed E-state index contributed by atoms with van der Waals surface area (Å²) in [6.45, 7) is 2.77. The molecule has 19 heavy (non-hydrogen) atoms. The highest BCUT2D eigenvalue weighted by molar-refractivity contribution is 5.08. The molecular formula is C14H26N4O. The first-order valence-corrected chi connectivity index (χ1v) is 7.31. The number of aromatic nitrogens is 2. The predicted molar refractivity (Wildman–Crippen MR) is 75.3 cm³/mol. The molecule has 1 fully saturated rings. The van der Waals surface area contributed by atoms with E-state index in [9.17, 15) is 0 Å². The average Bonchev–Trinajstić information content (AvgIpc) is 2.68. The van der Waals surface area contributed by atoms with Crippen LogP contribution < -0.4 is 11.3 Å². The fourth-order valence-electron chi connectivity index (χ4n) is 3.25. The summed E-state index contributed by atoms with van der Waals surface area (Å²) in [5.74, 6) is 6.80. The van der Waals surface area contributed by atoms with Crippen molar-refractivity contribution in [1.82, 2.24) is 15.0 Å². The van der Waals surface area contributed by atoms with Crippen molar-refractivity contribution in [3.63, 3.8) is 0 Å². The number of hydrazine groups is 1. The smallest absolute Gasteiger partial charge is 0.129 e. The molecule has 1 atom stereocenters. The largest absolute Gasteiger partial charge is 0.373 e. The van der Waals surface area contributed by atoms with E-state index in [0.29, 0.717) is 6.61 Å². The Kier molecular flexibility index (Phi) is 4.96. The maximum Gasteiger partial charge on any atom is 0.129 e. The van der Waals surface area contributed by atoms with Gasteiger partial charge in [-0.15, -0.1) is 0 Å². The first-order valence-electron chi connectivity index (χ1n) is 7.31. The molecule has 1 unspecified atom stereocenters. The van der Waals surface area contributed by atoms with Crippen LogP contribution in [0, 0.1) is 0 Å². The number of hydrogen-bond acceptors (Lipinski definition) is 4. The molecule has 1 aliphatic carbocycles. The Morgan fingerprint density at radius 3 is 2.58 bits per heavy atom. The van der Waals surface area contributed by atoms with Crippen LogP contribution >= 0.6 is 0 Å². The minimum absolute atomic E-state index is 0.0504. The normalized spacial score (nSPS) is 21.0. The number of hydrogen-bond donors (Lipinski definition) is 2. The summed E-state index contributed by atoms with van der Waals surface area (Å²) in [5, 5.41) is 0. The molecular weight excluding hydrogens is 240 g/mol. The number of rotatable bonds is 5. The third-order valence-electron chi connectivity index (χ3n) is 4.19. The van der Waals surface area contributed by atoms with E-state index in [0.717, 1.165) is 18.7 Å². The van der Waals surface area contributed by atoms with E-state index >= 15 is 0 Å². The Balaban J connectivity index is 2.31. The number of nitrogens with zero attached hydrogens (tertiary/aromatic N) is 2. The molecule has 2 rings (SSSR count). The van der Waals surface area contributed by atoms with E-state index in [1.54, 1.807) is 0 Å². The van der Waals surface area contributed by atoms with Gasteiger partial charge in [-0.1, -0.05) is 25.7 Å². The Labute approximate surface area is 115 Å². The molecule has 108 valence electrons. The van der Waals surface area contributed by atoms with Gasteiger partial charge in [0.05, 0.1) is 5.60 Å². The van der Waals surface area contributed by atoms with Crippen molar-refractivity contribution in [3.05, 3.63) is 18.2 Å². The van der Waals surface area contributed by atoms with Crippen molar-refractivity contribution >= 4 is 0 Å². The summed E-state index contributed by atoms with van der Waals surface area (Å²) >= 11 is 0. The number of ether oxygens (including phenoxy) is 1. The Bertz CT molecular complexity index is 383. The molecule has 0 bridgehead atoms. The Hall–Kier alpha value is -0.910. The molecule has 3 N–H and O–H groups in total. The third kappa shape index (κ3) is 2.99. The monoisotopic (exact) mass is 266 g/mol. The van der Waals surface area contributed by atoms with Crippen molar-refractivity contribution < 1.29 is 4.74 Å². The number of aryl methyl sites for hydroxylation is 1. The van der Waals surface area contributed by atoms with Gasteiger partial charge in [-0.05, 0) is 19.8 Å². The zero-order valence-electron chi connectivity index (χ0n) is 12.1. The Morgan fingerprint density at radius 1 is 1.42 bits per heavy atom. The van der Waals surface area contributed by atoms with Crippen molar-refractivity contribution in [2.75, 3.05) is 6.61 Å². The SMILES string of the molecule is CCOC1(C(NN)c2nccn2C)CCCCCC1. The lowest BCUT2D eigenvalue weighted by Crippen LogP contribution is -2.49. The highest BCUT2D eigenvalue weighted by Crippen LogP contribution is 2.39. The van der Waals surface area contributed by atoms with E-state index < -0.39 is 0 Å². The molecule has 0 spiro atoms. The van der Waals surface area contributed by atoms with Gasteiger partial charge in [0.1, 0.15) is 11.9 Å². The van der Waals surface area contributed by atoms with Crippen LogP contribution in [0.4, 0.5) is 0 Å². The lowest BCUT2D eigenvalue weighted by Gasteiger charge is -2.39. The maximum atomic E-state index is 6.19. The second-order valence-corrected chi connectivity index (χ2v) is 5.41. The summed E-state index contributed by atoms with van der Waals surface area (Å²) in [6, 6.07) is -0.0504. The van der Waals surface area contributed by atoms with Crippen molar-refractivity contribution in [1.29, 1.82) is 0 Å². The molecule has 0 aliphatic heterocycles. The highest BCUT2D eigenvalue weighted by atomic mass is 16.5. The quantitative estimate of drug-likeness (QED) is 0.486. The molecule has 1 saturated carbocycles. The molecule has 5 heteroatoms. The zero-order valence-corrected chi connectivity index (χ0v) is 12.1. The molecule has 1 aliphatic rings. The zero-order chi connectivity index (χ0) is 13.7. The molecule has 0 saturated heterocycles. The van der Waals surface area contributed by atoms with Gasteiger partial charge in [-0.3, -0.25) is 5.84 Å². The third-order valence-corrected chi connectivity index (χ3v) is 4.19. The van der Waals surface area contributed by atoms with Gasteiger partial charge in [-0.25, -0.2) is 10.4 Å². The van der Waals surface area contributed by atoms with Crippen LogP contribution in [0.3, 0.4) is 0 Å². The summed E-state index contributed by atoms with van der Waals surface area (Å²) in [5.41, 5.74) is 2.74. The van der Waals surface area contributed by atoms with Crippen LogP contribution in [0.1, 0.15) is 57.3 Å².